The number of nitrogens with one attached hydrogen (secondary N) is 1. The molecule has 5 heteroatoms. The smallest absolute Gasteiger partial charge is 0.125 e. The number of methoxy groups -OCH3 is 1. The summed E-state index contributed by atoms with van der Waals surface area (Å²) < 4.78 is 6.43. The zero-order valence-corrected chi connectivity index (χ0v) is 15.5. The highest BCUT2D eigenvalue weighted by atomic mass is 32.1. The Kier molecular flexibility index (Phi) is 4.54. The molecule has 0 atom stereocenters. The summed E-state index contributed by atoms with van der Waals surface area (Å²) in [5.74, 6) is 1.76. The van der Waals surface area contributed by atoms with Crippen molar-refractivity contribution in [1.29, 1.82) is 0 Å². The molecule has 1 N–H and O–H groups in total. The van der Waals surface area contributed by atoms with E-state index in [1.165, 1.54) is 0 Å². The Morgan fingerprint density at radius 2 is 1.73 bits per heavy atom. The molecule has 2 heterocycles. The van der Waals surface area contributed by atoms with Gasteiger partial charge in [0.1, 0.15) is 16.6 Å². The van der Waals surface area contributed by atoms with Crippen LogP contribution < -0.4 is 10.1 Å². The first-order valence-electron chi connectivity index (χ1n) is 8.52. The normalized spacial score (nSPS) is 10.8. The van der Waals surface area contributed by atoms with Crippen LogP contribution in [-0.4, -0.2) is 23.6 Å². The fourth-order valence-corrected chi connectivity index (χ4v) is 3.81. The number of fused-ring (bicyclic) bond motifs is 1. The molecular weight excluding hydrogens is 342 g/mol. The Labute approximate surface area is 156 Å². The molecule has 4 aromatic rings. The first-order chi connectivity index (χ1) is 12.8. The number of nitrogens with zero attached hydrogens (tertiary/aromatic N) is 2. The number of aromatic nitrogens is 2. The molecule has 0 aliphatic rings. The molecule has 0 fully saturated rings. The Bertz CT molecular complexity index is 1020. The summed E-state index contributed by atoms with van der Waals surface area (Å²) in [6.07, 6.45) is 1.90. The number of hydrogen-bond acceptors (Lipinski definition) is 5. The highest BCUT2D eigenvalue weighted by molar-refractivity contribution is 7.21. The molecule has 0 bridgehead atoms. The maximum atomic E-state index is 5.29. The predicted octanol–water partition coefficient (Wildman–Crippen LogP) is 5.47. The van der Waals surface area contributed by atoms with E-state index in [0.717, 1.165) is 50.0 Å². The van der Waals surface area contributed by atoms with E-state index >= 15 is 0 Å². The number of benzene rings is 2. The molecule has 0 aliphatic heterocycles. The van der Waals surface area contributed by atoms with E-state index in [-0.39, 0.29) is 0 Å². The number of hydrogen-bond donors (Lipinski definition) is 1. The second kappa shape index (κ2) is 7.14. The number of ether oxygens (including phenoxy) is 1. The molecule has 0 saturated heterocycles. The van der Waals surface area contributed by atoms with Crippen LogP contribution in [0.5, 0.6) is 5.75 Å². The van der Waals surface area contributed by atoms with Gasteiger partial charge in [-0.1, -0.05) is 24.3 Å². The summed E-state index contributed by atoms with van der Waals surface area (Å²) in [6, 6.07) is 18.5. The standard InChI is InChI=1S/C21H19N3OS/c1-3-22-20-11-8-16(13-23-20)14-4-6-15(7-5-14)21-24-18-10-9-17(25-2)12-19(18)26-21/h4-13H,3H2,1-2H3,(H,22,23). The molecule has 130 valence electrons. The molecule has 0 aliphatic carbocycles. The summed E-state index contributed by atoms with van der Waals surface area (Å²) in [5.41, 5.74) is 4.36. The van der Waals surface area contributed by atoms with Gasteiger partial charge in [-0.3, -0.25) is 0 Å². The maximum Gasteiger partial charge on any atom is 0.125 e. The summed E-state index contributed by atoms with van der Waals surface area (Å²) in [4.78, 5) is 9.17. The molecule has 26 heavy (non-hydrogen) atoms. The topological polar surface area (TPSA) is 47.0 Å². The fourth-order valence-electron chi connectivity index (χ4n) is 2.81. The van der Waals surface area contributed by atoms with Crippen molar-refractivity contribution < 1.29 is 4.74 Å². The van der Waals surface area contributed by atoms with Gasteiger partial charge in [-0.25, -0.2) is 9.97 Å². The number of pyridine rings is 1. The first kappa shape index (κ1) is 16.5. The Hall–Kier alpha value is -2.92. The first-order valence-corrected chi connectivity index (χ1v) is 9.34. The minimum atomic E-state index is 0.858. The minimum Gasteiger partial charge on any atom is -0.497 e. The van der Waals surface area contributed by atoms with Crippen LogP contribution >= 0.6 is 11.3 Å². The lowest BCUT2D eigenvalue weighted by Crippen LogP contribution is -1.98. The average Bonchev–Trinajstić information content (AvgIpc) is 3.12. The third-order valence-electron chi connectivity index (χ3n) is 4.18. The highest BCUT2D eigenvalue weighted by Gasteiger charge is 2.08. The Balaban J connectivity index is 1.61. The van der Waals surface area contributed by atoms with Crippen molar-refractivity contribution >= 4 is 27.4 Å². The number of thiazole rings is 1. The van der Waals surface area contributed by atoms with Gasteiger partial charge < -0.3 is 10.1 Å². The molecule has 4 rings (SSSR count). The lowest BCUT2D eigenvalue weighted by atomic mass is 10.1. The van der Waals surface area contributed by atoms with Crippen LogP contribution in [0.25, 0.3) is 31.9 Å². The molecule has 0 saturated carbocycles. The van der Waals surface area contributed by atoms with Gasteiger partial charge in [0.2, 0.25) is 0 Å². The predicted molar refractivity (Wildman–Crippen MR) is 109 cm³/mol. The maximum absolute atomic E-state index is 5.29. The summed E-state index contributed by atoms with van der Waals surface area (Å²) >= 11 is 1.68. The van der Waals surface area contributed by atoms with E-state index < -0.39 is 0 Å². The third kappa shape index (κ3) is 3.26. The second-order valence-corrected chi connectivity index (χ2v) is 6.92. The fraction of sp³-hybridized carbons (Fsp3) is 0.143. The van der Waals surface area contributed by atoms with E-state index in [9.17, 15) is 0 Å². The van der Waals surface area contributed by atoms with Crippen LogP contribution in [0, 0.1) is 0 Å². The largest absolute Gasteiger partial charge is 0.497 e. The van der Waals surface area contributed by atoms with E-state index in [2.05, 4.69) is 47.6 Å². The van der Waals surface area contributed by atoms with Crippen LogP contribution in [0.2, 0.25) is 0 Å². The van der Waals surface area contributed by atoms with Crippen molar-refractivity contribution in [2.24, 2.45) is 0 Å². The van der Waals surface area contributed by atoms with E-state index in [0.29, 0.717) is 0 Å². The van der Waals surface area contributed by atoms with E-state index in [4.69, 9.17) is 9.72 Å². The molecule has 2 aromatic carbocycles. The van der Waals surface area contributed by atoms with Crippen molar-refractivity contribution in [3.8, 4) is 27.4 Å². The molecule has 0 unspecified atom stereocenters. The van der Waals surface area contributed by atoms with Crippen molar-refractivity contribution in [1.82, 2.24) is 9.97 Å². The molecule has 4 nitrogen and oxygen atoms in total. The van der Waals surface area contributed by atoms with E-state index in [1.807, 2.05) is 30.5 Å². The Morgan fingerprint density at radius 3 is 2.42 bits per heavy atom. The lowest BCUT2D eigenvalue weighted by molar-refractivity contribution is 0.415. The summed E-state index contributed by atoms with van der Waals surface area (Å²) in [7, 11) is 1.68. The van der Waals surface area contributed by atoms with Crippen LogP contribution in [0.1, 0.15) is 6.92 Å². The molecule has 0 spiro atoms. The third-order valence-corrected chi connectivity index (χ3v) is 5.25. The lowest BCUT2D eigenvalue weighted by Gasteiger charge is -2.05. The van der Waals surface area contributed by atoms with E-state index in [1.54, 1.807) is 18.4 Å². The quantitative estimate of drug-likeness (QED) is 0.512. The molecular formula is C21H19N3OS. The van der Waals surface area contributed by atoms with Gasteiger partial charge in [-0.05, 0) is 42.8 Å². The number of anilines is 1. The average molecular weight is 361 g/mol. The van der Waals surface area contributed by atoms with Gasteiger partial charge in [0.05, 0.1) is 17.3 Å². The monoisotopic (exact) mass is 361 g/mol. The van der Waals surface area contributed by atoms with Gasteiger partial charge in [0.15, 0.2) is 0 Å². The van der Waals surface area contributed by atoms with Gasteiger partial charge >= 0.3 is 0 Å². The van der Waals surface area contributed by atoms with Gasteiger partial charge in [0.25, 0.3) is 0 Å². The summed E-state index contributed by atoms with van der Waals surface area (Å²) in [6.45, 7) is 2.93. The van der Waals surface area contributed by atoms with Crippen LogP contribution in [0.4, 0.5) is 5.82 Å². The molecule has 2 aromatic heterocycles. The van der Waals surface area contributed by atoms with Crippen LogP contribution in [0.15, 0.2) is 60.8 Å². The second-order valence-electron chi connectivity index (χ2n) is 5.89. The highest BCUT2D eigenvalue weighted by Crippen LogP contribution is 2.33. The zero-order chi connectivity index (χ0) is 17.9. The summed E-state index contributed by atoms with van der Waals surface area (Å²) in [5, 5.41) is 4.22. The van der Waals surface area contributed by atoms with Crippen molar-refractivity contribution in [2.75, 3.05) is 19.0 Å². The SMILES string of the molecule is CCNc1ccc(-c2ccc(-c3nc4ccc(OC)cc4s3)cc2)cn1. The van der Waals surface area contributed by atoms with Gasteiger partial charge in [-0.2, -0.15) is 0 Å². The minimum absolute atomic E-state index is 0.858. The van der Waals surface area contributed by atoms with Crippen molar-refractivity contribution in [3.63, 3.8) is 0 Å². The van der Waals surface area contributed by atoms with Crippen LogP contribution in [0.3, 0.4) is 0 Å². The van der Waals surface area contributed by atoms with Gasteiger partial charge in [0, 0.05) is 23.9 Å². The molecule has 0 amide bonds. The van der Waals surface area contributed by atoms with Crippen molar-refractivity contribution in [2.45, 2.75) is 6.92 Å². The van der Waals surface area contributed by atoms with Gasteiger partial charge in [-0.15, -0.1) is 11.3 Å². The molecule has 0 radical (unpaired) electrons. The Morgan fingerprint density at radius 1 is 0.962 bits per heavy atom. The number of rotatable bonds is 5. The zero-order valence-electron chi connectivity index (χ0n) is 14.7. The van der Waals surface area contributed by atoms with Crippen LogP contribution in [-0.2, 0) is 0 Å². The van der Waals surface area contributed by atoms with Crippen molar-refractivity contribution in [3.05, 3.63) is 60.8 Å².